The Labute approximate surface area is 238 Å². The number of likely N-dealkylation sites (tertiary alicyclic amines) is 1. The first-order valence-corrected chi connectivity index (χ1v) is 15.2. The summed E-state index contributed by atoms with van der Waals surface area (Å²) in [6.07, 6.45) is 10.3. The third-order valence-electron chi connectivity index (χ3n) is 8.75. The Hall–Kier alpha value is -3.30. The van der Waals surface area contributed by atoms with E-state index in [9.17, 15) is 14.4 Å². The number of hydrogen-bond donors (Lipinski definition) is 2. The molecule has 0 radical (unpaired) electrons. The maximum atomic E-state index is 14.3. The quantitative estimate of drug-likeness (QED) is 0.371. The first-order chi connectivity index (χ1) is 19.4. The summed E-state index contributed by atoms with van der Waals surface area (Å²) in [5.74, 6) is -1.67. The molecule has 2 aromatic rings. The number of methoxy groups -OCH3 is 1. The molecule has 6 rings (SSSR count). The van der Waals surface area contributed by atoms with Crippen molar-refractivity contribution in [2.75, 3.05) is 18.7 Å². The Morgan fingerprint density at radius 3 is 2.67 bits per heavy atom. The SMILES string of the molecule is COc1ccccc1CN1C(=O)[C@H]2[C@@H](C(=O)Nc3cccc(SC)c3)[C@H]3C=C[C@@]2(O3)[C@@H]1C(=O)NC1CCCCC1. The molecule has 1 aliphatic carbocycles. The molecular formula is C31H35N3O5S. The summed E-state index contributed by atoms with van der Waals surface area (Å²) in [6.45, 7) is 0.176. The number of nitrogens with one attached hydrogen (secondary N) is 2. The second-order valence-electron chi connectivity index (χ2n) is 11.0. The molecule has 3 amide bonds. The number of rotatable bonds is 8. The molecule has 4 aliphatic rings. The van der Waals surface area contributed by atoms with Gasteiger partial charge in [-0.15, -0.1) is 11.8 Å². The van der Waals surface area contributed by atoms with Gasteiger partial charge in [0.1, 0.15) is 17.4 Å². The molecule has 5 atom stereocenters. The van der Waals surface area contributed by atoms with Crippen LogP contribution in [0.25, 0.3) is 0 Å². The zero-order valence-electron chi connectivity index (χ0n) is 22.8. The lowest BCUT2D eigenvalue weighted by Crippen LogP contribution is -2.56. The summed E-state index contributed by atoms with van der Waals surface area (Å²) in [7, 11) is 1.59. The Bertz CT molecular complexity index is 1340. The van der Waals surface area contributed by atoms with Crippen LogP contribution in [0, 0.1) is 11.8 Å². The van der Waals surface area contributed by atoms with Gasteiger partial charge in [-0.2, -0.15) is 0 Å². The Morgan fingerprint density at radius 2 is 1.90 bits per heavy atom. The van der Waals surface area contributed by atoms with Crippen LogP contribution in [0.2, 0.25) is 0 Å². The molecular weight excluding hydrogens is 526 g/mol. The molecule has 3 fully saturated rings. The molecule has 0 unspecified atom stereocenters. The number of benzene rings is 2. The van der Waals surface area contributed by atoms with E-state index in [1.54, 1.807) is 23.8 Å². The monoisotopic (exact) mass is 561 g/mol. The van der Waals surface area contributed by atoms with Crippen molar-refractivity contribution < 1.29 is 23.9 Å². The van der Waals surface area contributed by atoms with Gasteiger partial charge in [-0.25, -0.2) is 0 Å². The standard InChI is InChI=1S/C31H35N3O5S/c1-38-23-14-7-6-9-19(23)18-34-27(29(36)32-20-10-4-3-5-11-20)31-16-15-24(39-31)25(26(31)30(34)37)28(35)33-21-12-8-13-22(17-21)40-2/h6-9,12-17,20,24-27H,3-5,10-11,18H2,1-2H3,(H,32,36)(H,33,35)/t24-,25+,26-,27+,31+/m1/s1. The van der Waals surface area contributed by atoms with Gasteiger partial charge in [-0.05, 0) is 43.4 Å². The fourth-order valence-electron chi connectivity index (χ4n) is 6.91. The predicted octanol–water partition coefficient (Wildman–Crippen LogP) is 4.16. The fraction of sp³-hybridized carbons (Fsp3) is 0.452. The van der Waals surface area contributed by atoms with Crippen molar-refractivity contribution in [1.82, 2.24) is 10.2 Å². The molecule has 9 heteroatoms. The minimum atomic E-state index is -1.20. The van der Waals surface area contributed by atoms with E-state index in [4.69, 9.17) is 9.47 Å². The van der Waals surface area contributed by atoms with Gasteiger partial charge in [0.25, 0.3) is 0 Å². The van der Waals surface area contributed by atoms with E-state index in [2.05, 4.69) is 10.6 Å². The van der Waals surface area contributed by atoms with E-state index < -0.39 is 29.6 Å². The Morgan fingerprint density at radius 1 is 1.10 bits per heavy atom. The third-order valence-corrected chi connectivity index (χ3v) is 9.47. The Balaban J connectivity index is 1.33. The minimum Gasteiger partial charge on any atom is -0.496 e. The number of hydrogen-bond acceptors (Lipinski definition) is 6. The largest absolute Gasteiger partial charge is 0.496 e. The highest BCUT2D eigenvalue weighted by Gasteiger charge is 2.72. The van der Waals surface area contributed by atoms with Gasteiger partial charge in [0.2, 0.25) is 17.7 Å². The van der Waals surface area contributed by atoms with E-state index >= 15 is 0 Å². The lowest BCUT2D eigenvalue weighted by molar-refractivity contribution is -0.142. The summed E-state index contributed by atoms with van der Waals surface area (Å²) in [5.41, 5.74) is 0.255. The number of carbonyl (C=O) groups is 3. The third kappa shape index (κ3) is 4.59. The molecule has 210 valence electrons. The van der Waals surface area contributed by atoms with Crippen molar-refractivity contribution in [3.05, 3.63) is 66.2 Å². The highest BCUT2D eigenvalue weighted by molar-refractivity contribution is 7.98. The molecule has 0 aromatic heterocycles. The van der Waals surface area contributed by atoms with Crippen LogP contribution in [-0.2, 0) is 25.7 Å². The first-order valence-electron chi connectivity index (χ1n) is 14.0. The Kier molecular flexibility index (Phi) is 7.35. The summed E-state index contributed by atoms with van der Waals surface area (Å²) in [4.78, 5) is 44.6. The van der Waals surface area contributed by atoms with Crippen LogP contribution < -0.4 is 15.4 Å². The average molecular weight is 562 g/mol. The topological polar surface area (TPSA) is 97.0 Å². The number of carbonyl (C=O) groups excluding carboxylic acids is 3. The lowest BCUT2D eigenvalue weighted by Gasteiger charge is -2.34. The van der Waals surface area contributed by atoms with Crippen LogP contribution in [-0.4, -0.2) is 59.8 Å². The highest BCUT2D eigenvalue weighted by Crippen LogP contribution is 2.55. The summed E-state index contributed by atoms with van der Waals surface area (Å²) >= 11 is 1.59. The molecule has 8 nitrogen and oxygen atoms in total. The molecule has 2 saturated heterocycles. The van der Waals surface area contributed by atoms with E-state index in [0.29, 0.717) is 11.4 Å². The van der Waals surface area contributed by atoms with Gasteiger partial charge >= 0.3 is 0 Å². The summed E-state index contributed by atoms with van der Waals surface area (Å²) in [5, 5.41) is 6.24. The van der Waals surface area contributed by atoms with Gasteiger partial charge in [0.15, 0.2) is 0 Å². The maximum absolute atomic E-state index is 14.3. The first kappa shape index (κ1) is 26.9. The van der Waals surface area contributed by atoms with Crippen LogP contribution >= 0.6 is 11.8 Å². The molecule has 3 heterocycles. The minimum absolute atomic E-state index is 0.0744. The number of thioether (sulfide) groups is 1. The molecule has 2 bridgehead atoms. The van der Waals surface area contributed by atoms with Gasteiger partial charge in [0, 0.05) is 22.2 Å². The smallest absolute Gasteiger partial charge is 0.246 e. The van der Waals surface area contributed by atoms with Crippen molar-refractivity contribution in [1.29, 1.82) is 0 Å². The second kappa shape index (κ2) is 10.9. The van der Waals surface area contributed by atoms with E-state index in [0.717, 1.165) is 36.1 Å². The fourth-order valence-corrected chi connectivity index (χ4v) is 7.37. The zero-order valence-corrected chi connectivity index (χ0v) is 23.6. The average Bonchev–Trinajstić information content (AvgIpc) is 3.61. The summed E-state index contributed by atoms with van der Waals surface area (Å²) in [6, 6.07) is 14.3. The van der Waals surface area contributed by atoms with Crippen molar-refractivity contribution >= 4 is 35.2 Å². The second-order valence-corrected chi connectivity index (χ2v) is 11.9. The molecule has 2 N–H and O–H groups in total. The van der Waals surface area contributed by atoms with Gasteiger partial charge in [0.05, 0.1) is 31.6 Å². The van der Waals surface area contributed by atoms with Crippen molar-refractivity contribution in [3.63, 3.8) is 0 Å². The number of fused-ring (bicyclic) bond motifs is 1. The van der Waals surface area contributed by atoms with Gasteiger partial charge in [-0.1, -0.05) is 55.7 Å². The van der Waals surface area contributed by atoms with Crippen LogP contribution in [0.3, 0.4) is 0 Å². The normalized spacial score (nSPS) is 28.9. The zero-order chi connectivity index (χ0) is 27.9. The van der Waals surface area contributed by atoms with Gasteiger partial charge < -0.3 is 25.0 Å². The highest BCUT2D eigenvalue weighted by atomic mass is 32.2. The molecule has 1 spiro atoms. The van der Waals surface area contributed by atoms with Crippen molar-refractivity contribution in [3.8, 4) is 5.75 Å². The van der Waals surface area contributed by atoms with Crippen LogP contribution in [0.5, 0.6) is 5.75 Å². The van der Waals surface area contributed by atoms with Gasteiger partial charge in [-0.3, -0.25) is 14.4 Å². The van der Waals surface area contributed by atoms with E-state index in [1.165, 1.54) is 6.42 Å². The lowest BCUT2D eigenvalue weighted by atomic mass is 9.74. The maximum Gasteiger partial charge on any atom is 0.246 e. The number of anilines is 1. The molecule has 1 saturated carbocycles. The van der Waals surface area contributed by atoms with E-state index in [-0.39, 0.29) is 30.3 Å². The van der Waals surface area contributed by atoms with Crippen LogP contribution in [0.4, 0.5) is 5.69 Å². The molecule has 40 heavy (non-hydrogen) atoms. The number of ether oxygens (including phenoxy) is 2. The van der Waals surface area contributed by atoms with Crippen molar-refractivity contribution in [2.45, 2.75) is 67.3 Å². The molecule has 2 aromatic carbocycles. The number of amides is 3. The van der Waals surface area contributed by atoms with Crippen LogP contribution in [0.15, 0.2) is 65.6 Å². The predicted molar refractivity (Wildman–Crippen MR) is 153 cm³/mol. The summed E-state index contributed by atoms with van der Waals surface area (Å²) < 4.78 is 12.0. The molecule has 3 aliphatic heterocycles. The number of nitrogens with zero attached hydrogens (tertiary/aromatic N) is 1. The van der Waals surface area contributed by atoms with E-state index in [1.807, 2.05) is 66.9 Å². The van der Waals surface area contributed by atoms with Crippen LogP contribution in [0.1, 0.15) is 37.7 Å². The van der Waals surface area contributed by atoms with Crippen molar-refractivity contribution in [2.24, 2.45) is 11.8 Å². The number of para-hydroxylation sites is 1.